The van der Waals surface area contributed by atoms with Crippen LogP contribution in [0.3, 0.4) is 0 Å². The van der Waals surface area contributed by atoms with Crippen LogP contribution in [0.4, 0.5) is 34.6 Å². The van der Waals surface area contributed by atoms with E-state index in [9.17, 15) is 0 Å². The Morgan fingerprint density at radius 3 is 1.96 bits per heavy atom. The van der Waals surface area contributed by atoms with E-state index in [-0.39, 0.29) is 0 Å². The molecule has 0 unspecified atom stereocenters. The molecule has 0 saturated carbocycles. The maximum absolute atomic E-state index is 6.26. The molecule has 2 fully saturated rings. The maximum Gasteiger partial charge on any atom is 0.267 e. The molecular weight excluding hydrogens is 719 g/mol. The molecule has 2 aliphatic rings. The Kier molecular flexibility index (Phi) is 8.83. The fourth-order valence-corrected chi connectivity index (χ4v) is 7.92. The van der Waals surface area contributed by atoms with Gasteiger partial charge in [0.15, 0.2) is 0 Å². The molecule has 0 aliphatic carbocycles. The van der Waals surface area contributed by atoms with Crippen LogP contribution in [-0.4, -0.2) is 108 Å². The van der Waals surface area contributed by atoms with Crippen LogP contribution in [0, 0.1) is 0 Å². The molecule has 8 aromatic rings. The van der Waals surface area contributed by atoms with Crippen LogP contribution >= 0.6 is 0 Å². The predicted molar refractivity (Wildman–Crippen MR) is 224 cm³/mol. The van der Waals surface area contributed by atoms with Crippen LogP contribution in [0.15, 0.2) is 109 Å². The highest BCUT2D eigenvalue weighted by Gasteiger charge is 2.31. The summed E-state index contributed by atoms with van der Waals surface area (Å²) >= 11 is 0. The molecule has 0 spiro atoms. The Bertz CT molecular complexity index is 2720. The van der Waals surface area contributed by atoms with Crippen molar-refractivity contribution in [3.05, 3.63) is 109 Å². The average molecular weight is 762 g/mol. The molecule has 10 rings (SSSR count). The summed E-state index contributed by atoms with van der Waals surface area (Å²) in [7, 11) is 5.55. The van der Waals surface area contributed by atoms with E-state index in [1.54, 1.807) is 14.2 Å². The Hall–Kier alpha value is -6.64. The van der Waals surface area contributed by atoms with Crippen molar-refractivity contribution in [2.24, 2.45) is 0 Å². The van der Waals surface area contributed by atoms with Gasteiger partial charge in [-0.1, -0.05) is 18.2 Å². The molecule has 4 aromatic carbocycles. The van der Waals surface area contributed by atoms with E-state index < -0.39 is 0 Å². The number of piperazine rings is 1. The molecule has 0 N–H and O–H groups in total. The lowest BCUT2D eigenvalue weighted by Crippen LogP contribution is -2.44. The Morgan fingerprint density at radius 2 is 1.25 bits per heavy atom. The molecule has 14 heteroatoms. The number of nitrogens with zero attached hydrogens (tertiary/aromatic N) is 11. The number of morpholine rings is 1. The highest BCUT2D eigenvalue weighted by Crippen LogP contribution is 2.41. The van der Waals surface area contributed by atoms with Crippen molar-refractivity contribution >= 4 is 67.5 Å². The van der Waals surface area contributed by atoms with Crippen LogP contribution < -0.4 is 29.3 Å². The van der Waals surface area contributed by atoms with E-state index in [1.165, 1.54) is 0 Å². The summed E-state index contributed by atoms with van der Waals surface area (Å²) in [5.41, 5.74) is 7.35. The van der Waals surface area contributed by atoms with Crippen LogP contribution in [0.5, 0.6) is 11.5 Å². The number of hydrogen-bond acceptors (Lipinski definition) is 12. The van der Waals surface area contributed by atoms with Crippen LogP contribution in [0.2, 0.25) is 0 Å². The lowest BCUT2D eigenvalue weighted by atomic mass is 10.2. The van der Waals surface area contributed by atoms with Gasteiger partial charge in [0, 0.05) is 67.5 Å². The lowest BCUT2D eigenvalue weighted by molar-refractivity contribution is 0.122. The molecule has 4 aromatic heterocycles. The smallest absolute Gasteiger partial charge is 0.267 e. The summed E-state index contributed by atoms with van der Waals surface area (Å²) in [6.45, 7) is 6.89. The normalized spacial score (nSPS) is 15.2. The third-order valence-corrected chi connectivity index (χ3v) is 11.0. The van der Waals surface area contributed by atoms with E-state index in [4.69, 9.17) is 34.4 Å². The number of ether oxygens (including phenoxy) is 3. The molecule has 14 nitrogen and oxygen atoms in total. The van der Waals surface area contributed by atoms with Crippen LogP contribution in [0.25, 0.3) is 32.8 Å². The van der Waals surface area contributed by atoms with Gasteiger partial charge >= 0.3 is 0 Å². The third-order valence-electron chi connectivity index (χ3n) is 11.0. The van der Waals surface area contributed by atoms with Gasteiger partial charge in [-0.05, 0) is 79.8 Å². The van der Waals surface area contributed by atoms with Gasteiger partial charge in [0.25, 0.3) is 11.9 Å². The number of methoxy groups -OCH3 is 2. The van der Waals surface area contributed by atoms with Crippen molar-refractivity contribution in [1.82, 2.24) is 34.1 Å². The van der Waals surface area contributed by atoms with Crippen molar-refractivity contribution in [2.45, 2.75) is 0 Å². The quantitative estimate of drug-likeness (QED) is 0.149. The van der Waals surface area contributed by atoms with Gasteiger partial charge in [0.05, 0.1) is 67.6 Å². The van der Waals surface area contributed by atoms with E-state index in [2.05, 4.69) is 88.5 Å². The monoisotopic (exact) mass is 761 g/mol. The summed E-state index contributed by atoms with van der Waals surface area (Å²) < 4.78 is 21.3. The molecule has 0 bridgehead atoms. The van der Waals surface area contributed by atoms with E-state index >= 15 is 0 Å². The predicted octanol–water partition coefficient (Wildman–Crippen LogP) is 6.58. The van der Waals surface area contributed by atoms with Gasteiger partial charge in [0.2, 0.25) is 0 Å². The minimum absolute atomic E-state index is 0.401. The molecule has 57 heavy (non-hydrogen) atoms. The first-order chi connectivity index (χ1) is 28.0. The molecule has 2 saturated heterocycles. The first-order valence-electron chi connectivity index (χ1n) is 19.3. The van der Waals surface area contributed by atoms with Gasteiger partial charge < -0.3 is 28.9 Å². The van der Waals surface area contributed by atoms with Gasteiger partial charge in [-0.15, -0.1) is 10.2 Å². The molecule has 6 heterocycles. The second-order valence-corrected chi connectivity index (χ2v) is 14.4. The molecule has 0 amide bonds. The van der Waals surface area contributed by atoms with E-state index in [0.29, 0.717) is 36.5 Å². The van der Waals surface area contributed by atoms with Crippen molar-refractivity contribution in [3.8, 4) is 11.5 Å². The Morgan fingerprint density at radius 1 is 0.596 bits per heavy atom. The van der Waals surface area contributed by atoms with Crippen molar-refractivity contribution in [1.29, 1.82) is 0 Å². The fourth-order valence-electron chi connectivity index (χ4n) is 7.92. The second-order valence-electron chi connectivity index (χ2n) is 14.4. The largest absolute Gasteiger partial charge is 0.497 e. The molecule has 288 valence electrons. The van der Waals surface area contributed by atoms with Gasteiger partial charge in [-0.2, -0.15) is 0 Å². The SMILES string of the molecule is COc1ccc2c(c1)cc1cnc(N(c3ccc(N4CCOCC4)cc3)N(c3ncc4cc5ccccc5n4n3)c3ccc(N4CCN(C)CC4)cc3OC)nn12. The topological polar surface area (TPSA) is 104 Å². The first-order valence-corrected chi connectivity index (χ1v) is 19.3. The lowest BCUT2D eigenvalue weighted by Gasteiger charge is -2.37. The number of para-hydroxylation sites is 1. The van der Waals surface area contributed by atoms with Crippen LogP contribution in [-0.2, 0) is 4.74 Å². The van der Waals surface area contributed by atoms with Crippen molar-refractivity contribution < 1.29 is 14.2 Å². The third kappa shape index (κ3) is 6.32. The first kappa shape index (κ1) is 34.8. The summed E-state index contributed by atoms with van der Waals surface area (Å²) in [6.07, 6.45) is 3.70. The van der Waals surface area contributed by atoms with Crippen molar-refractivity contribution in [2.75, 3.05) is 93.6 Å². The highest BCUT2D eigenvalue weighted by molar-refractivity contribution is 5.89. The number of fused-ring (bicyclic) bond motifs is 6. The molecular formula is C43H43N11O3. The number of benzene rings is 4. The highest BCUT2D eigenvalue weighted by atomic mass is 16.5. The zero-order valence-electron chi connectivity index (χ0n) is 32.2. The summed E-state index contributed by atoms with van der Waals surface area (Å²) in [4.78, 5) is 17.2. The second kappa shape index (κ2) is 14.5. The minimum atomic E-state index is 0.401. The molecule has 0 radical (unpaired) electrons. The Balaban J connectivity index is 1.19. The number of likely N-dealkylation sites (N-methyl/N-ethyl adjacent to an activating group) is 1. The van der Waals surface area contributed by atoms with Gasteiger partial charge in [-0.3, -0.25) is 0 Å². The number of hydrazine groups is 1. The van der Waals surface area contributed by atoms with Gasteiger partial charge in [0.1, 0.15) is 17.2 Å². The van der Waals surface area contributed by atoms with Gasteiger partial charge in [-0.25, -0.2) is 29.0 Å². The minimum Gasteiger partial charge on any atom is -0.497 e. The average Bonchev–Trinajstić information content (AvgIpc) is 3.83. The summed E-state index contributed by atoms with van der Waals surface area (Å²) in [5, 5.41) is 16.5. The number of hydrogen-bond donors (Lipinski definition) is 0. The summed E-state index contributed by atoms with van der Waals surface area (Å²) in [5.74, 6) is 2.23. The zero-order valence-corrected chi connectivity index (χ0v) is 32.2. The maximum atomic E-state index is 6.26. The molecule has 2 aliphatic heterocycles. The Labute approximate surface area is 329 Å². The number of anilines is 6. The molecule has 0 atom stereocenters. The number of rotatable bonds is 9. The zero-order chi connectivity index (χ0) is 38.5. The number of aromatic nitrogens is 6. The standard InChI is InChI=1S/C43H43N11O3/c1-48-16-18-49(19-17-48)34-12-14-40(41(27-34)56-3)54(43-45-28-35-24-30-6-4-5-7-38(30)51(35)47-43)53(33-10-8-32(9-11-33)50-20-22-57-23-21-50)42-44-29-36-25-31-26-37(55-2)13-15-39(31)52(36)46-42/h4-15,24-29H,16-23H2,1-3H3. The summed E-state index contributed by atoms with van der Waals surface area (Å²) in [6, 6.07) is 33.2. The van der Waals surface area contributed by atoms with E-state index in [1.807, 2.05) is 61.8 Å². The van der Waals surface area contributed by atoms with Crippen LogP contribution in [0.1, 0.15) is 0 Å². The van der Waals surface area contributed by atoms with E-state index in [0.717, 1.165) is 94.9 Å². The van der Waals surface area contributed by atoms with Crippen molar-refractivity contribution in [3.63, 3.8) is 0 Å². The fraction of sp³-hybridized carbons (Fsp3) is 0.256.